The molecular formula is C19H21F2N3O4. The van der Waals surface area contributed by atoms with E-state index in [4.69, 9.17) is 10.5 Å². The summed E-state index contributed by atoms with van der Waals surface area (Å²) in [7, 11) is 0. The van der Waals surface area contributed by atoms with E-state index in [1.54, 1.807) is 11.8 Å². The third-order valence-electron chi connectivity index (χ3n) is 5.73. The summed E-state index contributed by atoms with van der Waals surface area (Å²) in [5.41, 5.74) is 4.66. The topological polar surface area (TPSA) is 97.8 Å². The number of nitrogens with two attached hydrogens (primary N) is 1. The Kier molecular flexibility index (Phi) is 4.29. The number of benzene rings is 1. The zero-order valence-electron chi connectivity index (χ0n) is 15.5. The summed E-state index contributed by atoms with van der Waals surface area (Å²) in [6, 6.07) is 0.278. The van der Waals surface area contributed by atoms with Crippen molar-refractivity contribution in [3.05, 3.63) is 33.6 Å². The predicted octanol–water partition coefficient (Wildman–Crippen LogP) is 2.10. The number of aromatic nitrogens is 1. The van der Waals surface area contributed by atoms with Crippen molar-refractivity contribution in [2.75, 3.05) is 24.6 Å². The monoisotopic (exact) mass is 393 g/mol. The van der Waals surface area contributed by atoms with Gasteiger partial charge in [-0.2, -0.15) is 0 Å². The summed E-state index contributed by atoms with van der Waals surface area (Å²) >= 11 is 0. The van der Waals surface area contributed by atoms with E-state index in [9.17, 15) is 14.7 Å². The molecule has 7 nitrogen and oxygen atoms in total. The van der Waals surface area contributed by atoms with E-state index in [0.717, 1.165) is 12.5 Å². The van der Waals surface area contributed by atoms with Gasteiger partial charge in [-0.3, -0.25) is 9.36 Å². The number of anilines is 1. The maximum atomic E-state index is 15.1. The fraction of sp³-hybridized carbons (Fsp3) is 0.474. The molecule has 150 valence electrons. The second-order valence-corrected chi connectivity index (χ2v) is 7.62. The molecule has 0 spiro atoms. The minimum atomic E-state index is -1.49. The zero-order valence-corrected chi connectivity index (χ0v) is 15.5. The summed E-state index contributed by atoms with van der Waals surface area (Å²) < 4.78 is 37.0. The number of hydrogen-bond donors (Lipinski definition) is 2. The standard InChI is InChI=1S/C19H21F2N3O4/c1-8-7-28-17-15-11(5-12(19(26)27)18(25)24(8)15)13(20)14(21)16(17)23-4-3-10(6-23)9(2)22/h5,8-10H,3-4,6-7,22H2,1-2H3,(H,26,27)/t8-,9?,10+/m0/s1. The number of halogens is 2. The molecular weight excluding hydrogens is 372 g/mol. The molecule has 2 aliphatic heterocycles. The average Bonchev–Trinajstić information content (AvgIpc) is 3.12. The van der Waals surface area contributed by atoms with Crippen molar-refractivity contribution in [2.24, 2.45) is 11.7 Å². The number of hydrogen-bond acceptors (Lipinski definition) is 5. The highest BCUT2D eigenvalue weighted by atomic mass is 19.2. The van der Waals surface area contributed by atoms with Crippen molar-refractivity contribution in [3.63, 3.8) is 0 Å². The SMILES string of the molecule is CC(N)[C@@H]1CCN(c2c(F)c(F)c3cc(C(=O)O)c(=O)n4c3c2OC[C@@H]4C)C1. The van der Waals surface area contributed by atoms with E-state index in [1.807, 2.05) is 6.92 Å². The molecule has 0 amide bonds. The molecule has 1 fully saturated rings. The molecule has 1 aromatic carbocycles. The average molecular weight is 393 g/mol. The van der Waals surface area contributed by atoms with Crippen molar-refractivity contribution in [3.8, 4) is 5.75 Å². The van der Waals surface area contributed by atoms with Gasteiger partial charge in [0.15, 0.2) is 17.4 Å². The number of rotatable bonds is 3. The molecule has 0 bridgehead atoms. The van der Waals surface area contributed by atoms with Gasteiger partial charge in [0, 0.05) is 24.5 Å². The number of aromatic carboxylic acids is 1. The van der Waals surface area contributed by atoms with Gasteiger partial charge in [-0.15, -0.1) is 0 Å². The molecule has 0 radical (unpaired) electrons. The maximum Gasteiger partial charge on any atom is 0.341 e. The minimum Gasteiger partial charge on any atom is -0.487 e. The van der Waals surface area contributed by atoms with Crippen molar-refractivity contribution < 1.29 is 23.4 Å². The van der Waals surface area contributed by atoms with Crippen LogP contribution in [0.15, 0.2) is 10.9 Å². The zero-order chi connectivity index (χ0) is 20.3. The quantitative estimate of drug-likeness (QED) is 0.829. The molecule has 0 aliphatic carbocycles. The van der Waals surface area contributed by atoms with Crippen molar-refractivity contribution in [1.29, 1.82) is 0 Å². The van der Waals surface area contributed by atoms with E-state index in [2.05, 4.69) is 0 Å². The van der Waals surface area contributed by atoms with Gasteiger partial charge in [-0.1, -0.05) is 0 Å². The normalized spacial score (nSPS) is 22.4. The van der Waals surface area contributed by atoms with Crippen LogP contribution in [0.2, 0.25) is 0 Å². The van der Waals surface area contributed by atoms with Crippen LogP contribution < -0.4 is 20.9 Å². The largest absolute Gasteiger partial charge is 0.487 e. The summed E-state index contributed by atoms with van der Waals surface area (Å²) in [5.74, 6) is -3.58. The number of pyridine rings is 1. The molecule has 9 heteroatoms. The molecule has 28 heavy (non-hydrogen) atoms. The van der Waals surface area contributed by atoms with Crippen molar-refractivity contribution in [2.45, 2.75) is 32.4 Å². The fourth-order valence-corrected chi connectivity index (χ4v) is 4.16. The third-order valence-corrected chi connectivity index (χ3v) is 5.73. The molecule has 1 aromatic heterocycles. The smallest absolute Gasteiger partial charge is 0.341 e. The van der Waals surface area contributed by atoms with Crippen LogP contribution in [-0.4, -0.2) is 41.4 Å². The van der Waals surface area contributed by atoms with Gasteiger partial charge in [0.25, 0.3) is 5.56 Å². The van der Waals surface area contributed by atoms with Crippen LogP contribution in [0.3, 0.4) is 0 Å². The number of carbonyl (C=O) groups is 1. The Balaban J connectivity index is 2.03. The lowest BCUT2D eigenvalue weighted by Gasteiger charge is -2.31. The van der Waals surface area contributed by atoms with E-state index in [-0.39, 0.29) is 40.9 Å². The lowest BCUT2D eigenvalue weighted by Crippen LogP contribution is -2.35. The van der Waals surface area contributed by atoms with E-state index >= 15 is 8.78 Å². The first-order valence-electron chi connectivity index (χ1n) is 9.19. The van der Waals surface area contributed by atoms with Crippen LogP contribution >= 0.6 is 0 Å². The Morgan fingerprint density at radius 2 is 2.11 bits per heavy atom. The van der Waals surface area contributed by atoms with Crippen LogP contribution in [0, 0.1) is 17.6 Å². The molecule has 3 atom stereocenters. The Bertz CT molecular complexity index is 1050. The Morgan fingerprint density at radius 1 is 1.39 bits per heavy atom. The van der Waals surface area contributed by atoms with Crippen LogP contribution in [0.1, 0.15) is 36.7 Å². The Labute approximate surface area is 159 Å². The van der Waals surface area contributed by atoms with Gasteiger partial charge < -0.3 is 20.5 Å². The molecule has 1 saturated heterocycles. The van der Waals surface area contributed by atoms with Gasteiger partial charge in [0.2, 0.25) is 0 Å². The van der Waals surface area contributed by atoms with Crippen LogP contribution in [-0.2, 0) is 0 Å². The first-order chi connectivity index (χ1) is 13.2. The Hall–Kier alpha value is -2.68. The predicted molar refractivity (Wildman–Crippen MR) is 99.3 cm³/mol. The van der Waals surface area contributed by atoms with E-state index < -0.39 is 34.8 Å². The van der Waals surface area contributed by atoms with Crippen LogP contribution in [0.4, 0.5) is 14.5 Å². The second-order valence-electron chi connectivity index (χ2n) is 7.62. The Morgan fingerprint density at radius 3 is 2.71 bits per heavy atom. The van der Waals surface area contributed by atoms with Crippen molar-refractivity contribution >= 4 is 22.6 Å². The fourth-order valence-electron chi connectivity index (χ4n) is 4.16. The number of carboxylic acid groups (broad SMARTS) is 1. The first-order valence-corrected chi connectivity index (χ1v) is 9.19. The lowest BCUT2D eigenvalue weighted by molar-refractivity contribution is 0.0694. The number of ether oxygens (including phenoxy) is 1. The lowest BCUT2D eigenvalue weighted by atomic mass is 10.0. The van der Waals surface area contributed by atoms with Gasteiger partial charge >= 0.3 is 5.97 Å². The summed E-state index contributed by atoms with van der Waals surface area (Å²) in [6.45, 7) is 4.52. The molecule has 1 unspecified atom stereocenters. The van der Waals surface area contributed by atoms with Gasteiger partial charge in [0.1, 0.15) is 17.9 Å². The van der Waals surface area contributed by atoms with Gasteiger partial charge in [-0.25, -0.2) is 13.6 Å². The van der Waals surface area contributed by atoms with Crippen LogP contribution in [0.25, 0.3) is 10.9 Å². The third kappa shape index (κ3) is 2.56. The van der Waals surface area contributed by atoms with Crippen LogP contribution in [0.5, 0.6) is 5.75 Å². The summed E-state index contributed by atoms with van der Waals surface area (Å²) in [4.78, 5) is 25.8. The highest BCUT2D eigenvalue weighted by Crippen LogP contribution is 2.45. The molecule has 2 aromatic rings. The highest BCUT2D eigenvalue weighted by molar-refractivity contribution is 5.97. The molecule has 4 rings (SSSR count). The molecule has 0 saturated carbocycles. The molecule has 2 aliphatic rings. The van der Waals surface area contributed by atoms with Gasteiger partial charge in [-0.05, 0) is 32.3 Å². The molecule has 3 N–H and O–H groups in total. The second kappa shape index (κ2) is 6.44. The first kappa shape index (κ1) is 18.7. The summed E-state index contributed by atoms with van der Waals surface area (Å²) in [5, 5.41) is 9.03. The minimum absolute atomic E-state index is 0.0312. The maximum absolute atomic E-state index is 15.1. The van der Waals surface area contributed by atoms with E-state index in [1.165, 1.54) is 4.57 Å². The summed E-state index contributed by atoms with van der Waals surface area (Å²) in [6.07, 6.45) is 0.733. The number of nitrogens with zero attached hydrogens (tertiary/aromatic N) is 2. The molecule has 3 heterocycles. The van der Waals surface area contributed by atoms with Gasteiger partial charge in [0.05, 0.1) is 11.6 Å². The number of carboxylic acids is 1. The van der Waals surface area contributed by atoms with E-state index in [0.29, 0.717) is 13.1 Å². The highest BCUT2D eigenvalue weighted by Gasteiger charge is 2.36. The van der Waals surface area contributed by atoms with Crippen molar-refractivity contribution in [1.82, 2.24) is 4.57 Å².